The fourth-order valence-corrected chi connectivity index (χ4v) is 2.72. The van der Waals surface area contributed by atoms with Crippen molar-refractivity contribution < 1.29 is 0 Å². The summed E-state index contributed by atoms with van der Waals surface area (Å²) in [5, 5.41) is 18.7. The SMILES string of the molecule is CCn1cc(-c2cc(-c3ccn(C)c3)nc(N)c2C#N)cc1C#N. The van der Waals surface area contributed by atoms with Gasteiger partial charge in [-0.1, -0.05) is 0 Å². The van der Waals surface area contributed by atoms with E-state index in [-0.39, 0.29) is 5.82 Å². The molecule has 0 atom stereocenters. The molecule has 2 N–H and O–H groups in total. The van der Waals surface area contributed by atoms with Crippen LogP contribution in [-0.4, -0.2) is 14.1 Å². The molecule has 0 unspecified atom stereocenters. The number of nitrogens with two attached hydrogens (primary N) is 1. The zero-order valence-electron chi connectivity index (χ0n) is 13.5. The summed E-state index contributed by atoms with van der Waals surface area (Å²) in [7, 11) is 1.93. The molecule has 0 amide bonds. The van der Waals surface area contributed by atoms with Crippen molar-refractivity contribution in [2.45, 2.75) is 13.5 Å². The third-order valence-electron chi connectivity index (χ3n) is 3.95. The van der Waals surface area contributed by atoms with Crippen molar-refractivity contribution in [1.29, 1.82) is 10.5 Å². The van der Waals surface area contributed by atoms with E-state index in [1.54, 1.807) is 6.07 Å². The van der Waals surface area contributed by atoms with Gasteiger partial charge in [0.2, 0.25) is 0 Å². The van der Waals surface area contributed by atoms with E-state index >= 15 is 0 Å². The summed E-state index contributed by atoms with van der Waals surface area (Å²) in [4.78, 5) is 4.35. The molecule has 0 spiro atoms. The standard InChI is InChI=1S/C18H16N6/c1-3-24-11-13(6-14(24)8-19)15-7-17(12-4-5-23(2)10-12)22-18(21)16(15)9-20/h4-7,10-11H,3H2,1-2H3,(H2,21,22). The van der Waals surface area contributed by atoms with Gasteiger partial charge in [-0.25, -0.2) is 4.98 Å². The molecule has 0 fully saturated rings. The van der Waals surface area contributed by atoms with E-state index in [9.17, 15) is 10.5 Å². The van der Waals surface area contributed by atoms with E-state index in [4.69, 9.17) is 5.73 Å². The van der Waals surface area contributed by atoms with Gasteiger partial charge < -0.3 is 14.9 Å². The van der Waals surface area contributed by atoms with Crippen molar-refractivity contribution in [2.75, 3.05) is 5.73 Å². The van der Waals surface area contributed by atoms with Crippen LogP contribution in [0.25, 0.3) is 22.4 Å². The molecule has 3 aromatic heterocycles. The normalized spacial score (nSPS) is 10.3. The molecule has 6 nitrogen and oxygen atoms in total. The van der Waals surface area contributed by atoms with Crippen LogP contribution in [0.15, 0.2) is 36.8 Å². The Hall–Kier alpha value is -3.51. The van der Waals surface area contributed by atoms with Crippen molar-refractivity contribution in [3.05, 3.63) is 48.0 Å². The zero-order valence-corrected chi connectivity index (χ0v) is 13.5. The molecule has 118 valence electrons. The lowest BCUT2D eigenvalue weighted by atomic mass is 10.0. The van der Waals surface area contributed by atoms with Crippen LogP contribution in [0, 0.1) is 22.7 Å². The van der Waals surface area contributed by atoms with Gasteiger partial charge in [0, 0.05) is 48.9 Å². The van der Waals surface area contributed by atoms with Crippen molar-refractivity contribution in [2.24, 2.45) is 7.05 Å². The zero-order chi connectivity index (χ0) is 17.3. The van der Waals surface area contributed by atoms with Gasteiger partial charge in [0.1, 0.15) is 29.2 Å². The molecule has 3 heterocycles. The second-order valence-corrected chi connectivity index (χ2v) is 5.50. The quantitative estimate of drug-likeness (QED) is 0.803. The summed E-state index contributed by atoms with van der Waals surface area (Å²) in [6.45, 7) is 2.64. The number of aromatic nitrogens is 3. The molecule has 0 radical (unpaired) electrons. The molecule has 24 heavy (non-hydrogen) atoms. The van der Waals surface area contributed by atoms with Crippen LogP contribution < -0.4 is 5.73 Å². The molecular formula is C18H16N6. The van der Waals surface area contributed by atoms with E-state index in [1.165, 1.54) is 0 Å². The monoisotopic (exact) mass is 316 g/mol. The van der Waals surface area contributed by atoms with Gasteiger partial charge in [0.05, 0.1) is 5.69 Å². The number of aryl methyl sites for hydroxylation is 2. The molecule has 0 aliphatic carbocycles. The van der Waals surface area contributed by atoms with Crippen molar-refractivity contribution in [1.82, 2.24) is 14.1 Å². The summed E-state index contributed by atoms with van der Waals surface area (Å²) in [5.41, 5.74) is 9.98. The fraction of sp³-hybridized carbons (Fsp3) is 0.167. The first-order valence-electron chi connectivity index (χ1n) is 7.51. The number of nitrogens with zero attached hydrogens (tertiary/aromatic N) is 5. The maximum absolute atomic E-state index is 9.47. The van der Waals surface area contributed by atoms with E-state index in [1.807, 2.05) is 53.8 Å². The summed E-state index contributed by atoms with van der Waals surface area (Å²) >= 11 is 0. The van der Waals surface area contributed by atoms with Crippen molar-refractivity contribution >= 4 is 5.82 Å². The summed E-state index contributed by atoms with van der Waals surface area (Å²) < 4.78 is 3.77. The summed E-state index contributed by atoms with van der Waals surface area (Å²) in [6.07, 6.45) is 5.73. The van der Waals surface area contributed by atoms with Gasteiger partial charge in [-0.3, -0.25) is 0 Å². The second-order valence-electron chi connectivity index (χ2n) is 5.50. The van der Waals surface area contributed by atoms with E-state index < -0.39 is 0 Å². The molecule has 0 aliphatic rings. The molecule has 0 aromatic carbocycles. The second kappa shape index (κ2) is 5.94. The first kappa shape index (κ1) is 15.4. The highest BCUT2D eigenvalue weighted by Crippen LogP contribution is 2.32. The molecule has 0 saturated heterocycles. The van der Waals surface area contributed by atoms with Crippen LogP contribution in [-0.2, 0) is 13.6 Å². The van der Waals surface area contributed by atoms with Crippen molar-refractivity contribution in [3.8, 4) is 34.5 Å². The number of hydrogen-bond donors (Lipinski definition) is 1. The van der Waals surface area contributed by atoms with Crippen molar-refractivity contribution in [3.63, 3.8) is 0 Å². The van der Waals surface area contributed by atoms with E-state index in [0.29, 0.717) is 29.1 Å². The van der Waals surface area contributed by atoms with Gasteiger partial charge in [0.25, 0.3) is 0 Å². The Balaban J connectivity index is 2.23. The predicted octanol–water partition coefficient (Wildman–Crippen LogP) is 2.90. The molecule has 0 saturated carbocycles. The van der Waals surface area contributed by atoms with Crippen LogP contribution in [0.4, 0.5) is 5.82 Å². The Labute approximate surface area is 140 Å². The van der Waals surface area contributed by atoms with Gasteiger partial charge in [-0.05, 0) is 25.1 Å². The van der Waals surface area contributed by atoms with Crippen LogP contribution in [0.3, 0.4) is 0 Å². The van der Waals surface area contributed by atoms with Crippen LogP contribution in [0.5, 0.6) is 0 Å². The van der Waals surface area contributed by atoms with Gasteiger partial charge in [0.15, 0.2) is 0 Å². The van der Waals surface area contributed by atoms with Gasteiger partial charge in [-0.15, -0.1) is 0 Å². The third-order valence-corrected chi connectivity index (χ3v) is 3.95. The Morgan fingerprint density at radius 2 is 1.96 bits per heavy atom. The highest BCUT2D eigenvalue weighted by Gasteiger charge is 2.16. The average Bonchev–Trinajstić information content (AvgIpc) is 3.19. The minimum Gasteiger partial charge on any atom is -0.383 e. The lowest BCUT2D eigenvalue weighted by Crippen LogP contribution is -1.99. The Morgan fingerprint density at radius 3 is 2.50 bits per heavy atom. The van der Waals surface area contributed by atoms with E-state index in [0.717, 1.165) is 11.1 Å². The Morgan fingerprint density at radius 1 is 1.17 bits per heavy atom. The first-order chi connectivity index (χ1) is 11.6. The maximum Gasteiger partial charge on any atom is 0.142 e. The number of hydrogen-bond acceptors (Lipinski definition) is 4. The minimum atomic E-state index is 0.191. The molecule has 6 heteroatoms. The fourth-order valence-electron chi connectivity index (χ4n) is 2.72. The highest BCUT2D eigenvalue weighted by atomic mass is 15.0. The van der Waals surface area contributed by atoms with Crippen LogP contribution in [0.1, 0.15) is 18.2 Å². The van der Waals surface area contributed by atoms with Crippen LogP contribution >= 0.6 is 0 Å². The Bertz CT molecular complexity index is 994. The number of nitrogen functional groups attached to an aromatic ring is 1. The average molecular weight is 316 g/mol. The number of rotatable bonds is 3. The molecule has 3 aromatic rings. The molecule has 0 bridgehead atoms. The number of anilines is 1. The first-order valence-corrected chi connectivity index (χ1v) is 7.51. The Kier molecular flexibility index (Phi) is 3.81. The summed E-state index contributed by atoms with van der Waals surface area (Å²) in [5.74, 6) is 0.191. The number of pyridine rings is 1. The lowest BCUT2D eigenvalue weighted by Gasteiger charge is -2.08. The smallest absolute Gasteiger partial charge is 0.142 e. The van der Waals surface area contributed by atoms with Gasteiger partial charge >= 0.3 is 0 Å². The third kappa shape index (κ3) is 2.51. The molecule has 3 rings (SSSR count). The predicted molar refractivity (Wildman–Crippen MR) is 91.6 cm³/mol. The highest BCUT2D eigenvalue weighted by molar-refractivity contribution is 5.80. The summed E-state index contributed by atoms with van der Waals surface area (Å²) in [6, 6.07) is 9.85. The lowest BCUT2D eigenvalue weighted by molar-refractivity contribution is 0.758. The minimum absolute atomic E-state index is 0.191. The largest absolute Gasteiger partial charge is 0.383 e. The van der Waals surface area contributed by atoms with Crippen LogP contribution in [0.2, 0.25) is 0 Å². The van der Waals surface area contributed by atoms with E-state index in [2.05, 4.69) is 17.1 Å². The molecular weight excluding hydrogens is 300 g/mol. The number of nitriles is 2. The molecule has 0 aliphatic heterocycles. The maximum atomic E-state index is 9.47. The topological polar surface area (TPSA) is 96.3 Å². The van der Waals surface area contributed by atoms with Gasteiger partial charge in [-0.2, -0.15) is 10.5 Å².